The molecule has 19 nitrogen and oxygen atoms in total. The molecule has 2 heterocycles. The van der Waals surface area contributed by atoms with E-state index in [1.54, 1.807) is 12.1 Å². The molecule has 2 aliphatic heterocycles. The van der Waals surface area contributed by atoms with Gasteiger partial charge in [-0.3, -0.25) is 33.6 Å². The quantitative estimate of drug-likeness (QED) is 0.0779. The van der Waals surface area contributed by atoms with Crippen LogP contribution in [0, 0.1) is 7.14 Å². The van der Waals surface area contributed by atoms with E-state index in [1.807, 2.05) is 50.5 Å². The van der Waals surface area contributed by atoms with Gasteiger partial charge in [0.15, 0.2) is 0 Å². The Morgan fingerprint density at radius 3 is 2.18 bits per heavy atom. The zero-order chi connectivity index (χ0) is 38.2. The van der Waals surface area contributed by atoms with Crippen LogP contribution in [-0.2, 0) is 44.8 Å². The monoisotopic (exact) mass is 942 g/mol. The number of aromatic hydroxyl groups is 1. The molecule has 3 rings (SSSR count). The maximum absolute atomic E-state index is 13.7. The van der Waals surface area contributed by atoms with Gasteiger partial charge < -0.3 is 57.9 Å². The molecule has 1 aromatic carbocycles. The number of nitrogens with two attached hydrogens (primary N) is 2. The number of hydrogen-bond donors (Lipinski definition) is 9. The van der Waals surface area contributed by atoms with E-state index in [0.717, 1.165) is 5.56 Å². The highest BCUT2D eigenvalue weighted by atomic mass is 127. The second-order valence-corrected chi connectivity index (χ2v) is 14.5. The number of amides is 7. The highest BCUT2D eigenvalue weighted by Gasteiger charge is 2.45. The highest BCUT2D eigenvalue weighted by molar-refractivity contribution is 14.1. The standard InChI is InChI=1S/C30H40I2N8O11/c1-13(26(46)35-11-24(44)38-19(30(50)51)9-22(34)42)37-23(43)10-36-27(47)21-8-15(41)12-40(21)29(49)20-3-2-4-39(20)28(48)18(33)7-14-5-16(31)25(45)17(32)6-14/h5-6,13,15,18-21,41,45H,2-4,7-12,33H2,1H3,(H2,34,42)(H,35,46)(H,36,47)(H,37,43)(H,38,44)(H,50,51)/t13-,15+,18-,19-,20-,21-/m0/s1. The Balaban J connectivity index is 1.52. The molecular formula is C30H40I2N8O11. The smallest absolute Gasteiger partial charge is 0.326 e. The molecule has 11 N–H and O–H groups in total. The number of nitrogens with one attached hydrogen (secondary N) is 4. The van der Waals surface area contributed by atoms with Crippen molar-refractivity contribution in [2.24, 2.45) is 11.5 Å². The number of likely N-dealkylation sites (tertiary alicyclic amines) is 2. The summed E-state index contributed by atoms with van der Waals surface area (Å²) in [5.41, 5.74) is 12.0. The van der Waals surface area contributed by atoms with Crippen molar-refractivity contribution in [2.45, 2.75) is 75.3 Å². The first-order valence-electron chi connectivity index (χ1n) is 15.8. The van der Waals surface area contributed by atoms with Gasteiger partial charge in [-0.05, 0) is 89.1 Å². The van der Waals surface area contributed by atoms with Gasteiger partial charge >= 0.3 is 5.97 Å². The summed E-state index contributed by atoms with van der Waals surface area (Å²) in [6, 6.07) is -2.36. The SMILES string of the molecule is C[C@H](NC(=O)CNC(=O)[C@@H]1C[C@@H](O)CN1C(=O)[C@@H]1CCCN1C(=O)[C@@H](N)Cc1cc(I)c(O)c(I)c1)C(=O)NCC(=O)N[C@@H](CC(N)=O)C(=O)O. The third-order valence-corrected chi connectivity index (χ3v) is 9.84. The van der Waals surface area contributed by atoms with E-state index in [9.17, 15) is 48.6 Å². The number of aliphatic carboxylic acids is 1. The lowest BCUT2D eigenvalue weighted by Crippen LogP contribution is -2.56. The number of carboxylic acids is 1. The molecule has 0 unspecified atom stereocenters. The summed E-state index contributed by atoms with van der Waals surface area (Å²) < 4.78 is 1.21. The maximum atomic E-state index is 13.7. The van der Waals surface area contributed by atoms with E-state index in [1.165, 1.54) is 16.7 Å². The van der Waals surface area contributed by atoms with E-state index in [0.29, 0.717) is 20.0 Å². The van der Waals surface area contributed by atoms with Gasteiger partial charge in [-0.25, -0.2) is 4.79 Å². The molecule has 0 radical (unpaired) electrons. The summed E-state index contributed by atoms with van der Waals surface area (Å²) in [6.07, 6.45) is -0.793. The molecular weight excluding hydrogens is 902 g/mol. The minimum absolute atomic E-state index is 0.111. The van der Waals surface area contributed by atoms with Gasteiger partial charge in [0.1, 0.15) is 29.9 Å². The largest absolute Gasteiger partial charge is 0.506 e. The van der Waals surface area contributed by atoms with Gasteiger partial charge in [0.05, 0.1) is 38.8 Å². The third kappa shape index (κ3) is 11.6. The van der Waals surface area contributed by atoms with Crippen LogP contribution in [0.5, 0.6) is 5.75 Å². The molecule has 2 fully saturated rings. The van der Waals surface area contributed by atoms with E-state index < -0.39 is 103 Å². The molecule has 21 heteroatoms. The van der Waals surface area contributed by atoms with Gasteiger partial charge in [-0.15, -0.1) is 0 Å². The van der Waals surface area contributed by atoms with Crippen LogP contribution < -0.4 is 32.7 Å². The summed E-state index contributed by atoms with van der Waals surface area (Å²) in [5.74, 6) is -6.59. The number of aliphatic hydroxyl groups is 1. The number of carbonyl (C=O) groups is 8. The summed E-state index contributed by atoms with van der Waals surface area (Å²) in [6.45, 7) is 0.130. The fourth-order valence-corrected chi connectivity index (χ4v) is 7.58. The Labute approximate surface area is 319 Å². The lowest BCUT2D eigenvalue weighted by Gasteiger charge is -2.32. The molecule has 0 aromatic heterocycles. The number of primary amides is 1. The average molecular weight is 943 g/mol. The first kappa shape index (κ1) is 41.6. The Kier molecular flexibility index (Phi) is 15.2. The molecule has 0 bridgehead atoms. The summed E-state index contributed by atoms with van der Waals surface area (Å²) in [5, 5.41) is 38.4. The van der Waals surface area contributed by atoms with Gasteiger partial charge in [0.25, 0.3) is 0 Å². The Morgan fingerprint density at radius 1 is 0.961 bits per heavy atom. The van der Waals surface area contributed by atoms with Crippen LogP contribution >= 0.6 is 45.2 Å². The predicted octanol–water partition coefficient (Wildman–Crippen LogP) is -3.39. The summed E-state index contributed by atoms with van der Waals surface area (Å²) in [7, 11) is 0. The zero-order valence-corrected chi connectivity index (χ0v) is 31.7. The Hall–Kier alpha value is -3.84. The van der Waals surface area contributed by atoms with Crippen LogP contribution in [0.3, 0.4) is 0 Å². The van der Waals surface area contributed by atoms with Crippen molar-refractivity contribution in [3.05, 3.63) is 24.8 Å². The normalized spacial score (nSPS) is 20.1. The van der Waals surface area contributed by atoms with E-state index in [2.05, 4.69) is 16.0 Å². The minimum Gasteiger partial charge on any atom is -0.506 e. The molecule has 2 aliphatic rings. The van der Waals surface area contributed by atoms with Crippen LogP contribution in [0.4, 0.5) is 0 Å². The molecule has 7 amide bonds. The number of carboxylic acid groups (broad SMARTS) is 1. The Bertz CT molecular complexity index is 1540. The lowest BCUT2D eigenvalue weighted by molar-refractivity contribution is -0.147. The van der Waals surface area contributed by atoms with Crippen molar-refractivity contribution in [2.75, 3.05) is 26.2 Å². The van der Waals surface area contributed by atoms with Crippen molar-refractivity contribution in [1.29, 1.82) is 0 Å². The number of halogens is 2. The van der Waals surface area contributed by atoms with Crippen molar-refractivity contribution < 1.29 is 53.7 Å². The number of benzene rings is 1. The van der Waals surface area contributed by atoms with E-state index in [4.69, 9.17) is 16.6 Å². The maximum Gasteiger partial charge on any atom is 0.326 e. The molecule has 0 spiro atoms. The van der Waals surface area contributed by atoms with Crippen LogP contribution in [-0.4, -0.2) is 135 Å². The lowest BCUT2D eigenvalue weighted by atomic mass is 10.0. The van der Waals surface area contributed by atoms with Crippen LogP contribution in [0.25, 0.3) is 0 Å². The Morgan fingerprint density at radius 2 is 1.57 bits per heavy atom. The molecule has 2 saturated heterocycles. The van der Waals surface area contributed by atoms with Crippen LogP contribution in [0.2, 0.25) is 0 Å². The van der Waals surface area contributed by atoms with E-state index >= 15 is 0 Å². The molecule has 6 atom stereocenters. The van der Waals surface area contributed by atoms with Crippen molar-refractivity contribution in [3.63, 3.8) is 0 Å². The fraction of sp³-hybridized carbons (Fsp3) is 0.533. The first-order valence-corrected chi connectivity index (χ1v) is 17.9. The predicted molar refractivity (Wildman–Crippen MR) is 193 cm³/mol. The fourth-order valence-electron chi connectivity index (χ4n) is 5.69. The number of phenolic OH excluding ortho intramolecular Hbond substituents is 1. The minimum atomic E-state index is -1.59. The molecule has 51 heavy (non-hydrogen) atoms. The number of β-amino-alcohol motifs (C(OH)–C–C–N with tert-alkyl or cyclic N) is 1. The molecule has 1 aromatic rings. The van der Waals surface area contributed by atoms with Gasteiger partial charge in [-0.1, -0.05) is 0 Å². The van der Waals surface area contributed by atoms with E-state index in [-0.39, 0.29) is 31.7 Å². The topological polar surface area (TPSA) is 304 Å². The van der Waals surface area contributed by atoms with Crippen molar-refractivity contribution in [1.82, 2.24) is 31.1 Å². The first-order chi connectivity index (χ1) is 23.9. The van der Waals surface area contributed by atoms with Crippen LogP contribution in [0.1, 0.15) is 38.2 Å². The molecule has 0 aliphatic carbocycles. The average Bonchev–Trinajstić information content (AvgIpc) is 3.70. The van der Waals surface area contributed by atoms with Crippen LogP contribution in [0.15, 0.2) is 12.1 Å². The third-order valence-electron chi connectivity index (χ3n) is 8.19. The van der Waals surface area contributed by atoms with Crippen molar-refractivity contribution in [3.8, 4) is 5.75 Å². The van der Waals surface area contributed by atoms with Crippen molar-refractivity contribution >= 4 is 92.5 Å². The van der Waals surface area contributed by atoms with Gasteiger partial charge in [0.2, 0.25) is 41.4 Å². The number of carbonyl (C=O) groups excluding carboxylic acids is 7. The summed E-state index contributed by atoms with van der Waals surface area (Å²) >= 11 is 3.96. The van der Waals surface area contributed by atoms with Gasteiger partial charge in [0, 0.05) is 19.5 Å². The molecule has 0 saturated carbocycles. The number of rotatable bonds is 15. The second kappa shape index (κ2) is 18.6. The molecule has 280 valence electrons. The highest BCUT2D eigenvalue weighted by Crippen LogP contribution is 2.29. The zero-order valence-electron chi connectivity index (χ0n) is 27.4. The van der Waals surface area contributed by atoms with Gasteiger partial charge in [-0.2, -0.15) is 0 Å². The number of phenols is 1. The number of hydrogen-bond acceptors (Lipinski definition) is 11. The second-order valence-electron chi connectivity index (χ2n) is 12.2. The number of aliphatic hydroxyl groups excluding tert-OH is 1. The number of nitrogens with zero attached hydrogens (tertiary/aromatic N) is 2. The summed E-state index contributed by atoms with van der Waals surface area (Å²) in [4.78, 5) is 102.